The van der Waals surface area contributed by atoms with Gasteiger partial charge in [0.05, 0.1) is 0 Å². The third-order valence-electron chi connectivity index (χ3n) is 3.64. The minimum atomic E-state index is -0.723. The monoisotopic (exact) mass is 352 g/mol. The van der Waals surface area contributed by atoms with Gasteiger partial charge in [-0.25, -0.2) is 13.6 Å². The molecule has 5 nitrogen and oxygen atoms in total. The first-order valence-electron chi connectivity index (χ1n) is 8.06. The number of piperazine rings is 1. The Kier molecular flexibility index (Phi) is 5.77. The van der Waals surface area contributed by atoms with Crippen molar-refractivity contribution < 1.29 is 23.1 Å². The van der Waals surface area contributed by atoms with E-state index in [0.29, 0.717) is 26.2 Å². The Bertz CT molecular complexity index is 655. The van der Waals surface area contributed by atoms with Crippen LogP contribution in [-0.2, 0) is 9.53 Å². The van der Waals surface area contributed by atoms with E-state index in [0.717, 1.165) is 24.3 Å². The first-order chi connectivity index (χ1) is 11.7. The second-order valence-corrected chi connectivity index (χ2v) is 6.76. The second-order valence-electron chi connectivity index (χ2n) is 6.76. The lowest BCUT2D eigenvalue weighted by molar-refractivity contribution is -0.127. The summed E-state index contributed by atoms with van der Waals surface area (Å²) in [5.74, 6) is -1.80. The van der Waals surface area contributed by atoms with Gasteiger partial charge < -0.3 is 14.5 Å². The van der Waals surface area contributed by atoms with Crippen molar-refractivity contribution in [3.63, 3.8) is 0 Å². The van der Waals surface area contributed by atoms with Crippen LogP contribution in [0.4, 0.5) is 13.6 Å². The van der Waals surface area contributed by atoms with E-state index >= 15 is 0 Å². The average molecular weight is 352 g/mol. The minimum Gasteiger partial charge on any atom is -0.444 e. The van der Waals surface area contributed by atoms with E-state index in [4.69, 9.17) is 4.74 Å². The molecule has 136 valence electrons. The van der Waals surface area contributed by atoms with Crippen molar-refractivity contribution in [2.45, 2.75) is 26.4 Å². The maximum absolute atomic E-state index is 13.5. The van der Waals surface area contributed by atoms with Gasteiger partial charge in [0.1, 0.15) is 17.2 Å². The van der Waals surface area contributed by atoms with E-state index in [9.17, 15) is 18.4 Å². The third kappa shape index (κ3) is 5.27. The first kappa shape index (κ1) is 18.9. The molecule has 1 heterocycles. The molecule has 1 aromatic carbocycles. The van der Waals surface area contributed by atoms with Crippen LogP contribution in [-0.4, -0.2) is 53.6 Å². The highest BCUT2D eigenvalue weighted by molar-refractivity contribution is 5.92. The maximum Gasteiger partial charge on any atom is 0.410 e. The number of amides is 2. The number of hydrogen-bond acceptors (Lipinski definition) is 3. The normalized spacial score (nSPS) is 15.6. The van der Waals surface area contributed by atoms with Gasteiger partial charge in [0.25, 0.3) is 0 Å². The van der Waals surface area contributed by atoms with Crippen molar-refractivity contribution in [1.82, 2.24) is 9.80 Å². The van der Waals surface area contributed by atoms with Crippen LogP contribution in [0.25, 0.3) is 6.08 Å². The van der Waals surface area contributed by atoms with E-state index in [1.807, 2.05) is 0 Å². The molecular weight excluding hydrogens is 330 g/mol. The number of halogens is 2. The summed E-state index contributed by atoms with van der Waals surface area (Å²) >= 11 is 0. The summed E-state index contributed by atoms with van der Waals surface area (Å²) in [4.78, 5) is 27.2. The zero-order chi connectivity index (χ0) is 18.6. The van der Waals surface area contributed by atoms with Crippen molar-refractivity contribution >= 4 is 18.1 Å². The molecule has 0 atom stereocenters. The number of rotatable bonds is 2. The number of nitrogens with zero attached hydrogens (tertiary/aromatic N) is 2. The summed E-state index contributed by atoms with van der Waals surface area (Å²) in [5, 5.41) is 0. The van der Waals surface area contributed by atoms with Gasteiger partial charge in [-0.2, -0.15) is 0 Å². The summed E-state index contributed by atoms with van der Waals surface area (Å²) in [6, 6.07) is 3.53. The van der Waals surface area contributed by atoms with Crippen LogP contribution >= 0.6 is 0 Å². The van der Waals surface area contributed by atoms with E-state index < -0.39 is 23.3 Å². The van der Waals surface area contributed by atoms with Crippen molar-refractivity contribution in [3.8, 4) is 0 Å². The number of carbonyl (C=O) groups excluding carboxylic acids is 2. The van der Waals surface area contributed by atoms with Gasteiger partial charge in [0, 0.05) is 37.8 Å². The smallest absolute Gasteiger partial charge is 0.410 e. The van der Waals surface area contributed by atoms with Crippen molar-refractivity contribution in [1.29, 1.82) is 0 Å². The van der Waals surface area contributed by atoms with Gasteiger partial charge in [-0.3, -0.25) is 4.79 Å². The van der Waals surface area contributed by atoms with Gasteiger partial charge in [-0.1, -0.05) is 6.07 Å². The summed E-state index contributed by atoms with van der Waals surface area (Å²) in [6.07, 6.45) is 1.86. The van der Waals surface area contributed by atoms with Crippen molar-refractivity contribution in [2.75, 3.05) is 26.2 Å². The molecule has 0 spiro atoms. The summed E-state index contributed by atoms with van der Waals surface area (Å²) < 4.78 is 32.4. The van der Waals surface area contributed by atoms with Crippen LogP contribution < -0.4 is 0 Å². The molecule has 1 fully saturated rings. The summed E-state index contributed by atoms with van der Waals surface area (Å²) in [5.41, 5.74) is -0.820. The highest BCUT2D eigenvalue weighted by atomic mass is 19.1. The Labute approximate surface area is 145 Å². The highest BCUT2D eigenvalue weighted by Crippen LogP contribution is 2.15. The van der Waals surface area contributed by atoms with Crippen molar-refractivity contribution in [3.05, 3.63) is 41.5 Å². The predicted molar refractivity (Wildman–Crippen MR) is 89.8 cm³/mol. The maximum atomic E-state index is 13.5. The van der Waals surface area contributed by atoms with E-state index in [1.54, 1.807) is 20.8 Å². The lowest BCUT2D eigenvalue weighted by Gasteiger charge is -2.35. The Morgan fingerprint density at radius 2 is 1.56 bits per heavy atom. The standard InChI is InChI=1S/C18H22F2N2O3/c1-18(2,3)25-17(24)22-11-9-21(10-12-22)16(23)8-7-13-14(19)5-4-6-15(13)20/h4-8H,9-12H2,1-3H3/b8-7+. The van der Waals surface area contributed by atoms with Crippen LogP contribution in [0.5, 0.6) is 0 Å². The predicted octanol–water partition coefficient (Wildman–Crippen LogP) is 3.06. The molecule has 0 unspecified atom stereocenters. The first-order valence-corrected chi connectivity index (χ1v) is 8.06. The molecule has 0 bridgehead atoms. The molecule has 0 aromatic heterocycles. The zero-order valence-corrected chi connectivity index (χ0v) is 14.6. The molecule has 1 saturated heterocycles. The number of benzene rings is 1. The topological polar surface area (TPSA) is 49.9 Å². The molecule has 2 rings (SSSR count). The van der Waals surface area contributed by atoms with E-state index in [1.165, 1.54) is 15.9 Å². The molecule has 7 heteroatoms. The van der Waals surface area contributed by atoms with E-state index in [2.05, 4.69) is 0 Å². The van der Waals surface area contributed by atoms with Gasteiger partial charge >= 0.3 is 6.09 Å². The van der Waals surface area contributed by atoms with Crippen LogP contribution in [0.1, 0.15) is 26.3 Å². The fourth-order valence-corrected chi connectivity index (χ4v) is 2.37. The molecule has 25 heavy (non-hydrogen) atoms. The highest BCUT2D eigenvalue weighted by Gasteiger charge is 2.27. The lowest BCUT2D eigenvalue weighted by Crippen LogP contribution is -2.51. The molecule has 0 N–H and O–H groups in total. The fraction of sp³-hybridized carbons (Fsp3) is 0.444. The van der Waals surface area contributed by atoms with Gasteiger partial charge in [0.2, 0.25) is 5.91 Å². The molecule has 2 amide bonds. The Balaban J connectivity index is 1.91. The lowest BCUT2D eigenvalue weighted by atomic mass is 10.2. The van der Waals surface area contributed by atoms with Gasteiger partial charge in [-0.15, -0.1) is 0 Å². The van der Waals surface area contributed by atoms with Crippen LogP contribution in [0.2, 0.25) is 0 Å². The second kappa shape index (κ2) is 7.63. The number of carbonyl (C=O) groups is 2. The van der Waals surface area contributed by atoms with Crippen LogP contribution in [0.3, 0.4) is 0 Å². The minimum absolute atomic E-state index is 0.247. The Morgan fingerprint density at radius 1 is 1.04 bits per heavy atom. The average Bonchev–Trinajstić information content (AvgIpc) is 2.52. The molecule has 1 aliphatic rings. The summed E-state index contributed by atoms with van der Waals surface area (Å²) in [6.45, 7) is 6.74. The molecule has 0 radical (unpaired) electrons. The van der Waals surface area contributed by atoms with Crippen LogP contribution in [0, 0.1) is 11.6 Å². The third-order valence-corrected chi connectivity index (χ3v) is 3.64. The molecule has 1 aliphatic heterocycles. The zero-order valence-electron chi connectivity index (χ0n) is 14.6. The van der Waals surface area contributed by atoms with Crippen LogP contribution in [0.15, 0.2) is 24.3 Å². The fourth-order valence-electron chi connectivity index (χ4n) is 2.37. The molecule has 1 aromatic rings. The Hall–Kier alpha value is -2.44. The Morgan fingerprint density at radius 3 is 2.08 bits per heavy atom. The van der Waals surface area contributed by atoms with Crippen molar-refractivity contribution in [2.24, 2.45) is 0 Å². The van der Waals surface area contributed by atoms with Gasteiger partial charge in [-0.05, 0) is 39.0 Å². The quantitative estimate of drug-likeness (QED) is 0.769. The summed E-state index contributed by atoms with van der Waals surface area (Å²) in [7, 11) is 0. The molecule has 0 saturated carbocycles. The largest absolute Gasteiger partial charge is 0.444 e. The molecular formula is C18H22F2N2O3. The van der Waals surface area contributed by atoms with E-state index in [-0.39, 0.29) is 11.5 Å². The van der Waals surface area contributed by atoms with Gasteiger partial charge in [0.15, 0.2) is 0 Å². The number of ether oxygens (including phenoxy) is 1. The SMILES string of the molecule is CC(C)(C)OC(=O)N1CCN(C(=O)/C=C/c2c(F)cccc2F)CC1. The molecule has 0 aliphatic carbocycles. The number of hydrogen-bond donors (Lipinski definition) is 0.